The number of aromatic hydroxyl groups is 1. The monoisotopic (exact) mass is 415 g/mol. The molecule has 0 unspecified atom stereocenters. The van der Waals surface area contributed by atoms with Crippen molar-refractivity contribution in [2.75, 3.05) is 17.6 Å². The molecule has 2 heterocycles. The van der Waals surface area contributed by atoms with Crippen LogP contribution in [0.3, 0.4) is 0 Å². The topological polar surface area (TPSA) is 90.8 Å². The van der Waals surface area contributed by atoms with E-state index in [-0.39, 0.29) is 41.4 Å². The number of phenols is 1. The predicted molar refractivity (Wildman–Crippen MR) is 107 cm³/mol. The minimum Gasteiger partial charge on any atom is -0.505 e. The predicted octanol–water partition coefficient (Wildman–Crippen LogP) is 2.63. The van der Waals surface area contributed by atoms with Crippen LogP contribution in [-0.2, 0) is 23.1 Å². The van der Waals surface area contributed by atoms with Gasteiger partial charge in [-0.05, 0) is 29.8 Å². The first-order valence-corrected chi connectivity index (χ1v) is 10.6. The number of amides is 1. The van der Waals surface area contributed by atoms with Gasteiger partial charge in [0, 0.05) is 30.7 Å². The number of sulfonamides is 1. The van der Waals surface area contributed by atoms with Gasteiger partial charge in [0.1, 0.15) is 17.1 Å². The molecule has 1 aromatic heterocycles. The zero-order chi connectivity index (χ0) is 20.9. The van der Waals surface area contributed by atoms with Gasteiger partial charge in [-0.1, -0.05) is 12.1 Å². The fourth-order valence-corrected chi connectivity index (χ4v) is 4.08. The lowest BCUT2D eigenvalue weighted by Gasteiger charge is -2.22. The lowest BCUT2D eigenvalue weighted by Crippen LogP contribution is -2.28. The molecule has 1 aliphatic heterocycles. The molecule has 0 atom stereocenters. The van der Waals surface area contributed by atoms with Crippen LogP contribution in [0.15, 0.2) is 42.6 Å². The second kappa shape index (κ2) is 6.70. The van der Waals surface area contributed by atoms with E-state index in [0.29, 0.717) is 16.5 Å². The van der Waals surface area contributed by atoms with E-state index in [1.54, 1.807) is 24.3 Å². The van der Waals surface area contributed by atoms with Gasteiger partial charge in [0.25, 0.3) is 5.91 Å². The number of carbonyl (C=O) groups excluding carboxylic acids is 1. The maximum atomic E-state index is 13.2. The van der Waals surface area contributed by atoms with Crippen LogP contribution in [-0.4, -0.2) is 42.6 Å². The van der Waals surface area contributed by atoms with Crippen LogP contribution in [0.4, 0.5) is 10.1 Å². The molecule has 0 aliphatic carbocycles. The molecule has 3 aromatic rings. The maximum absolute atomic E-state index is 13.2. The van der Waals surface area contributed by atoms with E-state index in [0.717, 1.165) is 10.6 Å². The number of hydrogen-bond acceptors (Lipinski definition) is 5. The first-order valence-electron chi connectivity index (χ1n) is 8.78. The third-order valence-electron chi connectivity index (χ3n) is 5.06. The van der Waals surface area contributed by atoms with Gasteiger partial charge in [0.15, 0.2) is 0 Å². The Balaban J connectivity index is 1.89. The highest BCUT2D eigenvalue weighted by Crippen LogP contribution is 2.44. The summed E-state index contributed by atoms with van der Waals surface area (Å²) in [7, 11) is -2.31. The number of carbonyl (C=O) groups is 1. The van der Waals surface area contributed by atoms with Crippen LogP contribution in [0, 0.1) is 5.82 Å². The minimum absolute atomic E-state index is 0.0918. The summed E-state index contributed by atoms with van der Waals surface area (Å²) in [4.78, 5) is 18.9. The average molecular weight is 415 g/mol. The van der Waals surface area contributed by atoms with Crippen molar-refractivity contribution in [1.82, 2.24) is 9.88 Å². The van der Waals surface area contributed by atoms with Gasteiger partial charge in [0.05, 0.1) is 24.1 Å². The summed E-state index contributed by atoms with van der Waals surface area (Å²) in [6.07, 6.45) is 2.54. The number of benzene rings is 2. The molecule has 0 fully saturated rings. The quantitative estimate of drug-likeness (QED) is 0.707. The summed E-state index contributed by atoms with van der Waals surface area (Å²) in [6, 6.07) is 9.00. The van der Waals surface area contributed by atoms with Crippen molar-refractivity contribution in [3.05, 3.63) is 65.1 Å². The Morgan fingerprint density at radius 3 is 2.59 bits per heavy atom. The molecule has 0 bridgehead atoms. The molecule has 0 saturated heterocycles. The Morgan fingerprint density at radius 2 is 1.93 bits per heavy atom. The number of halogens is 1. The largest absolute Gasteiger partial charge is 0.505 e. The molecule has 9 heteroatoms. The van der Waals surface area contributed by atoms with E-state index in [2.05, 4.69) is 4.98 Å². The Hall–Kier alpha value is -3.20. The van der Waals surface area contributed by atoms with E-state index in [1.165, 1.54) is 30.3 Å². The highest BCUT2D eigenvalue weighted by molar-refractivity contribution is 7.92. The first kappa shape index (κ1) is 19.1. The first-order chi connectivity index (χ1) is 13.7. The number of phenolic OH excluding ortho intramolecular Hbond substituents is 1. The summed E-state index contributed by atoms with van der Waals surface area (Å²) in [6.45, 7) is 0.285. The molecule has 1 amide bonds. The average Bonchev–Trinajstić information content (AvgIpc) is 3.00. The lowest BCUT2D eigenvalue weighted by atomic mass is 10.0. The third kappa shape index (κ3) is 3.17. The number of hydrogen-bond donors (Lipinski definition) is 1. The molecule has 150 valence electrons. The molecule has 2 aromatic carbocycles. The van der Waals surface area contributed by atoms with Gasteiger partial charge in [-0.3, -0.25) is 14.1 Å². The van der Waals surface area contributed by atoms with Gasteiger partial charge in [-0.2, -0.15) is 0 Å². The maximum Gasteiger partial charge on any atom is 0.257 e. The molecular weight excluding hydrogens is 397 g/mol. The number of pyridine rings is 1. The minimum atomic E-state index is -3.67. The van der Waals surface area contributed by atoms with E-state index >= 15 is 0 Å². The van der Waals surface area contributed by atoms with Gasteiger partial charge in [0.2, 0.25) is 10.0 Å². The van der Waals surface area contributed by atoms with Crippen molar-refractivity contribution in [2.24, 2.45) is 0 Å². The van der Waals surface area contributed by atoms with E-state index in [4.69, 9.17) is 0 Å². The van der Waals surface area contributed by atoms with Crippen molar-refractivity contribution >= 4 is 32.5 Å². The van der Waals surface area contributed by atoms with Crippen LogP contribution in [0.2, 0.25) is 0 Å². The molecular formula is C20H18FN3O4S. The summed E-state index contributed by atoms with van der Waals surface area (Å²) in [5.74, 6) is -0.927. The Morgan fingerprint density at radius 1 is 1.24 bits per heavy atom. The molecule has 29 heavy (non-hydrogen) atoms. The summed E-state index contributed by atoms with van der Waals surface area (Å²) in [5, 5.41) is 11.1. The van der Waals surface area contributed by atoms with E-state index < -0.39 is 15.9 Å². The molecule has 0 saturated carbocycles. The summed E-state index contributed by atoms with van der Waals surface area (Å²) < 4.78 is 38.7. The molecule has 7 nitrogen and oxygen atoms in total. The number of fused-ring (bicyclic) bond motifs is 2. The molecule has 1 aliphatic rings. The smallest absolute Gasteiger partial charge is 0.257 e. The van der Waals surface area contributed by atoms with E-state index in [9.17, 15) is 22.7 Å². The molecule has 4 rings (SSSR count). The molecule has 0 spiro atoms. The van der Waals surface area contributed by atoms with Crippen molar-refractivity contribution in [3.63, 3.8) is 0 Å². The summed E-state index contributed by atoms with van der Waals surface area (Å²) >= 11 is 0. The Labute approximate surface area is 167 Å². The SMILES string of the molecule is CN(c1c2c(c(O)c3ncccc13)CN(Cc1ccc(F)cc1)C2=O)S(C)(=O)=O. The van der Waals surface area contributed by atoms with Gasteiger partial charge >= 0.3 is 0 Å². The molecule has 1 N–H and O–H groups in total. The zero-order valence-corrected chi connectivity index (χ0v) is 16.6. The molecule has 0 radical (unpaired) electrons. The second-order valence-corrected chi connectivity index (χ2v) is 8.98. The van der Waals surface area contributed by atoms with E-state index in [1.807, 2.05) is 0 Å². The van der Waals surface area contributed by atoms with Crippen LogP contribution in [0.1, 0.15) is 21.5 Å². The normalized spacial score (nSPS) is 13.8. The van der Waals surface area contributed by atoms with Crippen LogP contribution >= 0.6 is 0 Å². The van der Waals surface area contributed by atoms with Gasteiger partial charge < -0.3 is 10.0 Å². The van der Waals surface area contributed by atoms with Crippen molar-refractivity contribution in [3.8, 4) is 5.75 Å². The Kier molecular flexibility index (Phi) is 4.42. The second-order valence-electron chi connectivity index (χ2n) is 6.97. The van der Waals surface area contributed by atoms with Crippen molar-refractivity contribution in [2.45, 2.75) is 13.1 Å². The lowest BCUT2D eigenvalue weighted by molar-refractivity contribution is 0.0767. The van der Waals surface area contributed by atoms with Crippen LogP contribution in [0.25, 0.3) is 10.9 Å². The zero-order valence-electron chi connectivity index (χ0n) is 15.8. The Bertz CT molecular complexity index is 1240. The van der Waals surface area contributed by atoms with Gasteiger partial charge in [-0.15, -0.1) is 0 Å². The fraction of sp³-hybridized carbons (Fsp3) is 0.200. The van der Waals surface area contributed by atoms with Crippen LogP contribution < -0.4 is 4.31 Å². The number of rotatable bonds is 4. The van der Waals surface area contributed by atoms with Gasteiger partial charge in [-0.25, -0.2) is 12.8 Å². The fourth-order valence-electron chi connectivity index (χ4n) is 3.56. The van der Waals surface area contributed by atoms with Crippen LogP contribution in [0.5, 0.6) is 5.75 Å². The standard InChI is InChI=1S/C20H18FN3O4S/c1-23(29(2,27)28)18-14-4-3-9-22-17(14)19(25)15-11-24(20(26)16(15)18)10-12-5-7-13(21)8-6-12/h3-9,25H,10-11H2,1-2H3. The number of anilines is 1. The highest BCUT2D eigenvalue weighted by Gasteiger charge is 2.37. The number of nitrogens with zero attached hydrogens (tertiary/aromatic N) is 3. The highest BCUT2D eigenvalue weighted by atomic mass is 32.2. The number of aromatic nitrogens is 1. The summed E-state index contributed by atoms with van der Waals surface area (Å²) in [5.41, 5.74) is 1.60. The third-order valence-corrected chi connectivity index (χ3v) is 6.24. The van der Waals surface area contributed by atoms with Crippen molar-refractivity contribution < 1.29 is 22.7 Å². The van der Waals surface area contributed by atoms with Crippen molar-refractivity contribution in [1.29, 1.82) is 0 Å².